The fourth-order valence-corrected chi connectivity index (χ4v) is 3.90. The van der Waals surface area contributed by atoms with E-state index < -0.39 is 5.97 Å². The quantitative estimate of drug-likeness (QED) is 0.276. The van der Waals surface area contributed by atoms with Crippen molar-refractivity contribution in [3.63, 3.8) is 0 Å². The minimum atomic E-state index is -0.412. The summed E-state index contributed by atoms with van der Waals surface area (Å²) in [6.07, 6.45) is 0. The Morgan fingerprint density at radius 1 is 0.645 bits per heavy atom. The molecule has 0 saturated heterocycles. The van der Waals surface area contributed by atoms with Crippen molar-refractivity contribution in [2.75, 3.05) is 14.2 Å². The predicted octanol–water partition coefficient (Wildman–Crippen LogP) is 6.33. The van der Waals surface area contributed by atoms with Crippen LogP contribution in [0.3, 0.4) is 0 Å². The molecule has 0 fully saturated rings. The van der Waals surface area contributed by atoms with E-state index in [9.17, 15) is 4.79 Å². The molecule has 0 aliphatic heterocycles. The van der Waals surface area contributed by atoms with Gasteiger partial charge in [0.2, 0.25) is 0 Å². The Labute approximate surface area is 182 Å². The molecule has 0 aliphatic carbocycles. The average molecular weight is 408 g/mol. The molecule has 0 bridgehead atoms. The highest BCUT2D eigenvalue weighted by Crippen LogP contribution is 2.35. The van der Waals surface area contributed by atoms with Crippen molar-refractivity contribution in [1.29, 1.82) is 0 Å². The van der Waals surface area contributed by atoms with Gasteiger partial charge in [-0.2, -0.15) is 0 Å². The lowest BCUT2D eigenvalue weighted by Crippen LogP contribution is -2.08. The van der Waals surface area contributed by atoms with E-state index in [0.717, 1.165) is 16.7 Å². The molecule has 4 aromatic carbocycles. The van der Waals surface area contributed by atoms with Crippen LogP contribution in [0, 0.1) is 0 Å². The van der Waals surface area contributed by atoms with Crippen molar-refractivity contribution in [2.24, 2.45) is 0 Å². The van der Waals surface area contributed by atoms with E-state index in [4.69, 9.17) is 9.47 Å². The highest BCUT2D eigenvalue weighted by Gasteiger charge is 2.21. The highest BCUT2D eigenvalue weighted by atomic mass is 16.5. The van der Waals surface area contributed by atoms with Gasteiger partial charge in [0.15, 0.2) is 0 Å². The Morgan fingerprint density at radius 2 is 1.19 bits per heavy atom. The smallest absolute Gasteiger partial charge is 0.341 e. The van der Waals surface area contributed by atoms with Crippen molar-refractivity contribution in [3.8, 4) is 16.9 Å². The maximum atomic E-state index is 12.3. The number of hydrogen-bond acceptors (Lipinski definition) is 3. The van der Waals surface area contributed by atoms with Crippen molar-refractivity contribution >= 4 is 5.97 Å². The first-order valence-electron chi connectivity index (χ1n) is 10.2. The Balaban J connectivity index is 1.80. The van der Waals surface area contributed by atoms with Gasteiger partial charge in [0.25, 0.3) is 0 Å². The number of carbonyl (C=O) groups is 1. The van der Waals surface area contributed by atoms with E-state index >= 15 is 0 Å². The number of carbonyl (C=O) groups excluding carboxylic acids is 1. The molecule has 31 heavy (non-hydrogen) atoms. The summed E-state index contributed by atoms with van der Waals surface area (Å²) in [4.78, 5) is 12.3. The maximum absolute atomic E-state index is 12.3. The Morgan fingerprint density at radius 3 is 1.81 bits per heavy atom. The van der Waals surface area contributed by atoms with E-state index in [2.05, 4.69) is 48.5 Å². The molecule has 4 rings (SSSR count). The van der Waals surface area contributed by atoms with Gasteiger partial charge < -0.3 is 9.47 Å². The Hall–Kier alpha value is -3.85. The SMILES string of the molecule is COC(=O)c1cc(C(c2ccccc2)c2ccc(-c3ccccc3)cc2)ccc1OC. The zero-order valence-electron chi connectivity index (χ0n) is 17.6. The summed E-state index contributed by atoms with van der Waals surface area (Å²) in [5.41, 5.74) is 6.07. The van der Waals surface area contributed by atoms with Crippen LogP contribution in [0.4, 0.5) is 0 Å². The third-order valence-electron chi connectivity index (χ3n) is 5.45. The molecule has 0 aliphatic rings. The second-order valence-corrected chi connectivity index (χ2v) is 7.28. The molecule has 3 heteroatoms. The summed E-state index contributed by atoms with van der Waals surface area (Å²) in [7, 11) is 2.93. The molecule has 154 valence electrons. The number of methoxy groups -OCH3 is 2. The number of benzene rings is 4. The monoisotopic (exact) mass is 408 g/mol. The zero-order chi connectivity index (χ0) is 21.6. The van der Waals surface area contributed by atoms with Crippen LogP contribution in [0.1, 0.15) is 33.0 Å². The van der Waals surface area contributed by atoms with Crippen molar-refractivity contribution in [3.05, 3.63) is 125 Å². The van der Waals surface area contributed by atoms with Gasteiger partial charge in [-0.3, -0.25) is 0 Å². The van der Waals surface area contributed by atoms with Crippen LogP contribution < -0.4 is 4.74 Å². The number of esters is 1. The fraction of sp³-hybridized carbons (Fsp3) is 0.107. The summed E-state index contributed by atoms with van der Waals surface area (Å²) in [6, 6.07) is 34.9. The highest BCUT2D eigenvalue weighted by molar-refractivity contribution is 5.92. The summed E-state index contributed by atoms with van der Waals surface area (Å²) >= 11 is 0. The second kappa shape index (κ2) is 9.31. The topological polar surface area (TPSA) is 35.5 Å². The van der Waals surface area contributed by atoms with Gasteiger partial charge in [0, 0.05) is 5.92 Å². The molecule has 1 atom stereocenters. The molecule has 4 aromatic rings. The van der Waals surface area contributed by atoms with Gasteiger partial charge in [-0.15, -0.1) is 0 Å². The van der Waals surface area contributed by atoms with Crippen LogP contribution in [-0.4, -0.2) is 20.2 Å². The first-order valence-corrected chi connectivity index (χ1v) is 10.2. The predicted molar refractivity (Wildman–Crippen MR) is 124 cm³/mol. The Bertz CT molecular complexity index is 1150. The fourth-order valence-electron chi connectivity index (χ4n) is 3.90. The van der Waals surface area contributed by atoms with Crippen LogP contribution in [0.5, 0.6) is 5.75 Å². The first kappa shape index (κ1) is 20.4. The van der Waals surface area contributed by atoms with E-state index in [0.29, 0.717) is 11.3 Å². The van der Waals surface area contributed by atoms with E-state index in [-0.39, 0.29) is 5.92 Å². The summed E-state index contributed by atoms with van der Waals surface area (Å²) < 4.78 is 10.3. The first-order chi connectivity index (χ1) is 15.2. The average Bonchev–Trinajstić information content (AvgIpc) is 2.85. The summed E-state index contributed by atoms with van der Waals surface area (Å²) in [5.74, 6) is 0.0621. The van der Waals surface area contributed by atoms with Gasteiger partial charge >= 0.3 is 5.97 Å². The third-order valence-corrected chi connectivity index (χ3v) is 5.45. The van der Waals surface area contributed by atoms with Gasteiger partial charge in [0.05, 0.1) is 14.2 Å². The minimum Gasteiger partial charge on any atom is -0.496 e. The molecule has 0 aromatic heterocycles. The van der Waals surface area contributed by atoms with E-state index in [1.165, 1.54) is 18.2 Å². The maximum Gasteiger partial charge on any atom is 0.341 e. The van der Waals surface area contributed by atoms with E-state index in [1.54, 1.807) is 7.11 Å². The number of rotatable bonds is 6. The van der Waals surface area contributed by atoms with Gasteiger partial charge in [-0.1, -0.05) is 91.0 Å². The van der Waals surface area contributed by atoms with Crippen molar-refractivity contribution < 1.29 is 14.3 Å². The molecular weight excluding hydrogens is 384 g/mol. The van der Waals surface area contributed by atoms with Gasteiger partial charge in [-0.05, 0) is 39.9 Å². The van der Waals surface area contributed by atoms with Gasteiger partial charge in [-0.25, -0.2) is 4.79 Å². The molecule has 3 nitrogen and oxygen atoms in total. The molecule has 0 amide bonds. The summed E-state index contributed by atoms with van der Waals surface area (Å²) in [5, 5.41) is 0. The summed E-state index contributed by atoms with van der Waals surface area (Å²) in [6.45, 7) is 0. The lowest BCUT2D eigenvalue weighted by molar-refractivity contribution is 0.0597. The largest absolute Gasteiger partial charge is 0.496 e. The molecule has 0 N–H and O–H groups in total. The minimum absolute atomic E-state index is 0.0275. The van der Waals surface area contributed by atoms with Crippen LogP contribution >= 0.6 is 0 Å². The lowest BCUT2D eigenvalue weighted by atomic mass is 9.84. The zero-order valence-corrected chi connectivity index (χ0v) is 17.6. The number of hydrogen-bond donors (Lipinski definition) is 0. The van der Waals surface area contributed by atoms with Crippen LogP contribution in [0.15, 0.2) is 103 Å². The molecule has 0 spiro atoms. The normalized spacial score (nSPS) is 11.5. The second-order valence-electron chi connectivity index (χ2n) is 7.28. The third kappa shape index (κ3) is 4.36. The molecule has 1 unspecified atom stereocenters. The molecule has 0 saturated carbocycles. The molecule has 0 radical (unpaired) electrons. The standard InChI is InChI=1S/C28H24O3/c1-30-26-18-17-24(19-25(26)28(29)31-2)27(22-11-7-4-8-12-22)23-15-13-21(14-16-23)20-9-5-3-6-10-20/h3-19,27H,1-2H3. The number of ether oxygens (including phenoxy) is 2. The van der Waals surface area contributed by atoms with Crippen LogP contribution in [0.25, 0.3) is 11.1 Å². The molecule has 0 heterocycles. The van der Waals surface area contributed by atoms with Crippen molar-refractivity contribution in [2.45, 2.75) is 5.92 Å². The Kier molecular flexibility index (Phi) is 6.13. The lowest BCUT2D eigenvalue weighted by Gasteiger charge is -2.20. The van der Waals surface area contributed by atoms with Gasteiger partial charge in [0.1, 0.15) is 11.3 Å². The van der Waals surface area contributed by atoms with Crippen molar-refractivity contribution in [1.82, 2.24) is 0 Å². The molecular formula is C28H24O3. The van der Waals surface area contributed by atoms with Crippen LogP contribution in [0.2, 0.25) is 0 Å². The van der Waals surface area contributed by atoms with Crippen LogP contribution in [-0.2, 0) is 4.74 Å². The van der Waals surface area contributed by atoms with E-state index in [1.807, 2.05) is 54.6 Å².